The lowest BCUT2D eigenvalue weighted by Crippen LogP contribution is -2.50. The average molecular weight is 517 g/mol. The second-order valence-electron chi connectivity index (χ2n) is 7.56. The van der Waals surface area contributed by atoms with Gasteiger partial charge < -0.3 is 25.6 Å². The topological polar surface area (TPSA) is 78.0 Å². The predicted octanol–water partition coefficient (Wildman–Crippen LogP) is 3.21. The quantitative estimate of drug-likeness (QED) is 0.281. The number of carbonyl (C=O) groups is 1. The van der Waals surface area contributed by atoms with Gasteiger partial charge in [-0.05, 0) is 37.8 Å². The number of benzene rings is 1. The van der Waals surface area contributed by atoms with E-state index in [9.17, 15) is 4.79 Å². The molecule has 2 rings (SSSR count). The molecule has 1 saturated heterocycles. The van der Waals surface area contributed by atoms with Crippen LogP contribution in [0, 0.1) is 5.92 Å². The smallest absolute Gasteiger partial charge is 0.407 e. The van der Waals surface area contributed by atoms with E-state index < -0.39 is 0 Å². The van der Waals surface area contributed by atoms with Crippen LogP contribution in [0.25, 0.3) is 0 Å². The number of hydrogen-bond donors (Lipinski definition) is 3. The molecule has 7 nitrogen and oxygen atoms in total. The van der Waals surface area contributed by atoms with Gasteiger partial charge in [-0.3, -0.25) is 4.99 Å². The molecule has 0 radical (unpaired) electrons. The fourth-order valence-electron chi connectivity index (χ4n) is 3.46. The molecule has 1 fully saturated rings. The molecule has 0 spiro atoms. The van der Waals surface area contributed by atoms with Crippen molar-refractivity contribution in [2.24, 2.45) is 10.9 Å². The van der Waals surface area contributed by atoms with Crippen LogP contribution in [0.5, 0.6) is 0 Å². The molecule has 1 aromatic carbocycles. The molecule has 1 aromatic rings. The van der Waals surface area contributed by atoms with Crippen LogP contribution in [0.1, 0.15) is 33.6 Å². The third-order valence-corrected chi connectivity index (χ3v) is 4.74. The van der Waals surface area contributed by atoms with Crippen LogP contribution in [-0.2, 0) is 4.74 Å². The molecule has 1 aliphatic rings. The highest BCUT2D eigenvalue weighted by atomic mass is 127. The van der Waals surface area contributed by atoms with Gasteiger partial charge in [-0.1, -0.05) is 32.0 Å². The van der Waals surface area contributed by atoms with Crippen LogP contribution in [0.15, 0.2) is 35.3 Å². The first-order valence-corrected chi connectivity index (χ1v) is 10.2. The third kappa shape index (κ3) is 9.10. The fourth-order valence-corrected chi connectivity index (χ4v) is 3.46. The van der Waals surface area contributed by atoms with Gasteiger partial charge in [-0.25, -0.2) is 4.79 Å². The Labute approximate surface area is 192 Å². The molecule has 1 aliphatic heterocycles. The first kappa shape index (κ1) is 25.3. The Bertz CT molecular complexity index is 627. The number of anilines is 1. The number of rotatable bonds is 8. The number of para-hydroxylation sites is 1. The number of aliphatic imine (C=N–C) groups is 1. The van der Waals surface area contributed by atoms with Crippen molar-refractivity contribution in [2.75, 3.05) is 38.2 Å². The zero-order valence-electron chi connectivity index (χ0n) is 18.0. The number of nitrogens with zero attached hydrogens (tertiary/aromatic N) is 2. The number of ether oxygens (including phenoxy) is 1. The van der Waals surface area contributed by atoms with E-state index in [1.807, 2.05) is 6.07 Å². The average Bonchev–Trinajstić information content (AvgIpc) is 3.14. The van der Waals surface area contributed by atoms with E-state index in [1.54, 1.807) is 14.0 Å². The maximum atomic E-state index is 11.8. The zero-order chi connectivity index (χ0) is 20.4. The van der Waals surface area contributed by atoms with E-state index >= 15 is 0 Å². The summed E-state index contributed by atoms with van der Waals surface area (Å²) in [6, 6.07) is 10.8. The molecular weight excluding hydrogens is 481 g/mol. The lowest BCUT2D eigenvalue weighted by molar-refractivity contribution is 0.146. The van der Waals surface area contributed by atoms with Crippen molar-refractivity contribution < 1.29 is 9.53 Å². The van der Waals surface area contributed by atoms with Gasteiger partial charge in [0, 0.05) is 44.5 Å². The van der Waals surface area contributed by atoms with Crippen molar-refractivity contribution in [1.29, 1.82) is 0 Å². The summed E-state index contributed by atoms with van der Waals surface area (Å²) < 4.78 is 5.02. The lowest BCUT2D eigenvalue weighted by Gasteiger charge is -2.24. The third-order valence-electron chi connectivity index (χ3n) is 4.74. The summed E-state index contributed by atoms with van der Waals surface area (Å²) in [4.78, 5) is 18.5. The van der Waals surface area contributed by atoms with E-state index in [0.717, 1.165) is 31.9 Å². The summed E-state index contributed by atoms with van der Waals surface area (Å²) in [6.07, 6.45) is 1.56. The molecule has 2 unspecified atom stereocenters. The molecule has 1 heterocycles. The van der Waals surface area contributed by atoms with Gasteiger partial charge in [0.25, 0.3) is 0 Å². The van der Waals surface area contributed by atoms with Crippen molar-refractivity contribution in [2.45, 2.75) is 45.7 Å². The van der Waals surface area contributed by atoms with Gasteiger partial charge in [-0.15, -0.1) is 24.0 Å². The number of halogens is 1. The molecule has 0 aromatic heterocycles. The van der Waals surface area contributed by atoms with Crippen LogP contribution >= 0.6 is 24.0 Å². The monoisotopic (exact) mass is 517 g/mol. The maximum absolute atomic E-state index is 11.8. The van der Waals surface area contributed by atoms with Crippen LogP contribution in [0.3, 0.4) is 0 Å². The van der Waals surface area contributed by atoms with Crippen LogP contribution in [0.2, 0.25) is 0 Å². The summed E-state index contributed by atoms with van der Waals surface area (Å²) in [7, 11) is 1.77. The second kappa shape index (κ2) is 13.5. The second-order valence-corrected chi connectivity index (χ2v) is 7.56. The lowest BCUT2D eigenvalue weighted by atomic mass is 10.0. The molecule has 8 heteroatoms. The van der Waals surface area contributed by atoms with Crippen LogP contribution in [-0.4, -0.2) is 57.4 Å². The maximum Gasteiger partial charge on any atom is 0.407 e. The van der Waals surface area contributed by atoms with E-state index in [2.05, 4.69) is 64.0 Å². The SMILES string of the molecule is CCOC(=O)NC(CNC(=NC)NC1CCN(c2ccccc2)C1)CC(C)C.I. The van der Waals surface area contributed by atoms with Gasteiger partial charge in [0.15, 0.2) is 5.96 Å². The largest absolute Gasteiger partial charge is 0.450 e. The minimum Gasteiger partial charge on any atom is -0.450 e. The first-order valence-electron chi connectivity index (χ1n) is 10.2. The molecule has 0 bridgehead atoms. The summed E-state index contributed by atoms with van der Waals surface area (Å²) in [5.41, 5.74) is 1.25. The Balaban J connectivity index is 0.00000420. The van der Waals surface area contributed by atoms with Crippen molar-refractivity contribution in [3.63, 3.8) is 0 Å². The highest BCUT2D eigenvalue weighted by molar-refractivity contribution is 14.0. The predicted molar refractivity (Wildman–Crippen MR) is 130 cm³/mol. The number of carbonyl (C=O) groups excluding carboxylic acids is 1. The summed E-state index contributed by atoms with van der Waals surface area (Å²) in [5.74, 6) is 1.23. The van der Waals surface area contributed by atoms with Gasteiger partial charge in [0.05, 0.1) is 6.61 Å². The fraction of sp³-hybridized carbons (Fsp3) is 0.619. The van der Waals surface area contributed by atoms with Gasteiger partial charge in [-0.2, -0.15) is 0 Å². The van der Waals surface area contributed by atoms with E-state index in [-0.39, 0.29) is 36.1 Å². The minimum atomic E-state index is -0.368. The molecule has 29 heavy (non-hydrogen) atoms. The Hall–Kier alpha value is -1.71. The van der Waals surface area contributed by atoms with Crippen molar-refractivity contribution in [3.05, 3.63) is 30.3 Å². The molecule has 1 amide bonds. The molecule has 3 N–H and O–H groups in total. The molecular formula is C21H36IN5O2. The number of guanidine groups is 1. The van der Waals surface area contributed by atoms with Crippen LogP contribution < -0.4 is 20.9 Å². The number of amides is 1. The van der Waals surface area contributed by atoms with E-state index in [0.29, 0.717) is 25.1 Å². The highest BCUT2D eigenvalue weighted by Gasteiger charge is 2.23. The highest BCUT2D eigenvalue weighted by Crippen LogP contribution is 2.19. The van der Waals surface area contributed by atoms with Crippen molar-refractivity contribution in [3.8, 4) is 0 Å². The van der Waals surface area contributed by atoms with Gasteiger partial charge in [0.1, 0.15) is 0 Å². The van der Waals surface area contributed by atoms with Crippen LogP contribution in [0.4, 0.5) is 10.5 Å². The molecule has 0 saturated carbocycles. The zero-order valence-corrected chi connectivity index (χ0v) is 20.3. The van der Waals surface area contributed by atoms with Crippen molar-refractivity contribution in [1.82, 2.24) is 16.0 Å². The van der Waals surface area contributed by atoms with E-state index in [4.69, 9.17) is 4.74 Å². The summed E-state index contributed by atoms with van der Waals surface area (Å²) in [5, 5.41) is 9.80. The molecule has 0 aliphatic carbocycles. The number of nitrogens with one attached hydrogen (secondary N) is 3. The summed E-state index contributed by atoms with van der Waals surface area (Å²) in [6.45, 7) is 9.04. The Kier molecular flexibility index (Phi) is 11.8. The Morgan fingerprint density at radius 1 is 1.31 bits per heavy atom. The van der Waals surface area contributed by atoms with Gasteiger partial charge >= 0.3 is 6.09 Å². The Morgan fingerprint density at radius 2 is 2.03 bits per heavy atom. The summed E-state index contributed by atoms with van der Waals surface area (Å²) >= 11 is 0. The molecule has 164 valence electrons. The van der Waals surface area contributed by atoms with E-state index in [1.165, 1.54) is 5.69 Å². The van der Waals surface area contributed by atoms with Gasteiger partial charge in [0.2, 0.25) is 0 Å². The minimum absolute atomic E-state index is 0. The normalized spacial score (nSPS) is 17.5. The first-order chi connectivity index (χ1) is 13.5. The Morgan fingerprint density at radius 3 is 2.66 bits per heavy atom. The number of hydrogen-bond acceptors (Lipinski definition) is 4. The standard InChI is InChI=1S/C21H35N5O2.HI/c1-5-28-21(27)25-18(13-16(2)3)14-23-20(22-4)24-17-11-12-26(15-17)19-9-7-6-8-10-19;/h6-10,16-18H,5,11-15H2,1-4H3,(H,25,27)(H2,22,23,24);1H. The molecule has 2 atom stereocenters. The number of alkyl carbamates (subject to hydrolysis) is 1. The van der Waals surface area contributed by atoms with Crippen molar-refractivity contribution >= 4 is 41.7 Å².